The number of para-hydroxylation sites is 2. The van der Waals surface area contributed by atoms with Crippen molar-refractivity contribution < 1.29 is 23.1 Å². The fourth-order valence-electron chi connectivity index (χ4n) is 2.38. The van der Waals surface area contributed by atoms with Gasteiger partial charge in [0.05, 0.1) is 18.0 Å². The van der Waals surface area contributed by atoms with Gasteiger partial charge in [-0.25, -0.2) is 4.39 Å². The first-order valence-corrected chi connectivity index (χ1v) is 9.93. The molecule has 1 atom stereocenters. The standard InChI is InChI=1S/C20H20FN3O4S/c1-3-26-17-7-5-4-6-16(17)22-18(25)12-29-20-24-23-19(28-20)13(2)27-15-10-8-14(21)9-11-15/h4-11,13H,3,12H2,1-2H3,(H,22,25)/t13-/m1/s1. The number of hydrogen-bond acceptors (Lipinski definition) is 7. The van der Waals surface area contributed by atoms with Gasteiger partial charge < -0.3 is 19.2 Å². The van der Waals surface area contributed by atoms with E-state index in [4.69, 9.17) is 13.9 Å². The number of amides is 1. The molecule has 0 unspecified atom stereocenters. The Balaban J connectivity index is 1.52. The molecule has 0 saturated heterocycles. The Morgan fingerprint density at radius 1 is 1.21 bits per heavy atom. The minimum Gasteiger partial charge on any atom is -0.492 e. The highest BCUT2D eigenvalue weighted by molar-refractivity contribution is 7.99. The number of carbonyl (C=O) groups is 1. The molecule has 9 heteroatoms. The van der Waals surface area contributed by atoms with Crippen LogP contribution in [-0.4, -0.2) is 28.5 Å². The molecule has 0 saturated carbocycles. The molecule has 2 aromatic carbocycles. The summed E-state index contributed by atoms with van der Waals surface area (Å²) in [6, 6.07) is 12.9. The van der Waals surface area contributed by atoms with Gasteiger partial charge in [0.25, 0.3) is 11.1 Å². The van der Waals surface area contributed by atoms with E-state index in [-0.39, 0.29) is 28.6 Å². The monoisotopic (exact) mass is 417 g/mol. The van der Waals surface area contributed by atoms with Gasteiger partial charge in [-0.2, -0.15) is 0 Å². The maximum atomic E-state index is 13.0. The second kappa shape index (κ2) is 9.92. The summed E-state index contributed by atoms with van der Waals surface area (Å²) in [5.41, 5.74) is 0.604. The number of aromatic nitrogens is 2. The average Bonchev–Trinajstić information content (AvgIpc) is 3.19. The second-order valence-electron chi connectivity index (χ2n) is 5.89. The number of anilines is 1. The molecule has 0 spiro atoms. The van der Waals surface area contributed by atoms with E-state index in [1.807, 2.05) is 19.1 Å². The number of thioether (sulfide) groups is 1. The highest BCUT2D eigenvalue weighted by Gasteiger charge is 2.17. The summed E-state index contributed by atoms with van der Waals surface area (Å²) < 4.78 is 29.6. The van der Waals surface area contributed by atoms with E-state index < -0.39 is 6.10 Å². The largest absolute Gasteiger partial charge is 0.492 e. The Labute approximate surface area is 171 Å². The molecule has 0 bridgehead atoms. The van der Waals surface area contributed by atoms with Crippen molar-refractivity contribution in [3.8, 4) is 11.5 Å². The Morgan fingerprint density at radius 2 is 1.97 bits per heavy atom. The van der Waals surface area contributed by atoms with Crippen LogP contribution in [0.25, 0.3) is 0 Å². The lowest BCUT2D eigenvalue weighted by molar-refractivity contribution is -0.113. The summed E-state index contributed by atoms with van der Waals surface area (Å²) in [4.78, 5) is 12.2. The fourth-order valence-corrected chi connectivity index (χ4v) is 2.95. The summed E-state index contributed by atoms with van der Waals surface area (Å²) in [7, 11) is 0. The number of ether oxygens (including phenoxy) is 2. The first-order valence-electron chi connectivity index (χ1n) is 8.95. The molecule has 0 aliphatic carbocycles. The van der Waals surface area contributed by atoms with Crippen LogP contribution in [0.4, 0.5) is 10.1 Å². The quantitative estimate of drug-likeness (QED) is 0.514. The Hall–Kier alpha value is -3.07. The van der Waals surface area contributed by atoms with Gasteiger partial charge in [-0.3, -0.25) is 4.79 Å². The maximum Gasteiger partial charge on any atom is 0.277 e. The SMILES string of the molecule is CCOc1ccccc1NC(=O)CSc1nnc([C@@H](C)Oc2ccc(F)cc2)o1. The highest BCUT2D eigenvalue weighted by atomic mass is 32.2. The van der Waals surface area contributed by atoms with E-state index in [2.05, 4.69) is 15.5 Å². The summed E-state index contributed by atoms with van der Waals surface area (Å²) >= 11 is 1.12. The van der Waals surface area contributed by atoms with Gasteiger partial charge >= 0.3 is 0 Å². The predicted molar refractivity (Wildman–Crippen MR) is 107 cm³/mol. The van der Waals surface area contributed by atoms with Crippen LogP contribution in [-0.2, 0) is 4.79 Å². The van der Waals surface area contributed by atoms with Gasteiger partial charge in [-0.15, -0.1) is 10.2 Å². The molecule has 1 heterocycles. The van der Waals surface area contributed by atoms with Gasteiger partial charge in [0.15, 0.2) is 6.10 Å². The van der Waals surface area contributed by atoms with Crippen molar-refractivity contribution in [3.05, 3.63) is 60.2 Å². The summed E-state index contributed by atoms with van der Waals surface area (Å²) in [5, 5.41) is 10.9. The Kier molecular flexibility index (Phi) is 7.07. The van der Waals surface area contributed by atoms with Gasteiger partial charge in [0, 0.05) is 0 Å². The van der Waals surface area contributed by atoms with E-state index in [1.165, 1.54) is 24.3 Å². The van der Waals surface area contributed by atoms with Crippen LogP contribution in [0.1, 0.15) is 25.8 Å². The number of nitrogens with zero attached hydrogens (tertiary/aromatic N) is 2. The lowest BCUT2D eigenvalue weighted by Crippen LogP contribution is -2.14. The van der Waals surface area contributed by atoms with Crippen molar-refractivity contribution in [2.24, 2.45) is 0 Å². The van der Waals surface area contributed by atoms with Crippen LogP contribution in [0, 0.1) is 5.82 Å². The number of benzene rings is 2. The molecule has 7 nitrogen and oxygen atoms in total. The van der Waals surface area contributed by atoms with E-state index in [0.717, 1.165) is 11.8 Å². The topological polar surface area (TPSA) is 86.5 Å². The van der Waals surface area contributed by atoms with Gasteiger partial charge in [0.2, 0.25) is 5.91 Å². The predicted octanol–water partition coefficient (Wildman–Crippen LogP) is 4.48. The normalized spacial score (nSPS) is 11.7. The van der Waals surface area contributed by atoms with Crippen molar-refractivity contribution in [2.45, 2.75) is 25.2 Å². The molecule has 0 radical (unpaired) electrons. The molecule has 3 rings (SSSR count). The third-order valence-corrected chi connectivity index (χ3v) is 4.50. The van der Waals surface area contributed by atoms with Crippen molar-refractivity contribution in [3.63, 3.8) is 0 Å². The molecule has 0 fully saturated rings. The minimum absolute atomic E-state index is 0.0926. The summed E-state index contributed by atoms with van der Waals surface area (Å²) in [6.45, 7) is 4.12. The van der Waals surface area contributed by atoms with Crippen molar-refractivity contribution >= 4 is 23.4 Å². The zero-order chi connectivity index (χ0) is 20.6. The van der Waals surface area contributed by atoms with Crippen LogP contribution in [0.15, 0.2) is 58.2 Å². The molecular weight excluding hydrogens is 397 g/mol. The number of halogens is 1. The maximum absolute atomic E-state index is 13.0. The fraction of sp³-hybridized carbons (Fsp3) is 0.250. The highest BCUT2D eigenvalue weighted by Crippen LogP contribution is 2.26. The second-order valence-corrected chi connectivity index (χ2v) is 6.81. The van der Waals surface area contributed by atoms with Crippen molar-refractivity contribution in [1.29, 1.82) is 0 Å². The van der Waals surface area contributed by atoms with Gasteiger partial charge in [-0.05, 0) is 50.2 Å². The van der Waals surface area contributed by atoms with Crippen LogP contribution in [0.2, 0.25) is 0 Å². The first kappa shape index (κ1) is 20.7. The van der Waals surface area contributed by atoms with E-state index in [1.54, 1.807) is 19.1 Å². The summed E-state index contributed by atoms with van der Waals surface area (Å²) in [6.07, 6.45) is -0.519. The first-order chi connectivity index (χ1) is 14.0. The van der Waals surface area contributed by atoms with E-state index in [9.17, 15) is 9.18 Å². The third-order valence-electron chi connectivity index (χ3n) is 3.68. The third kappa shape index (κ3) is 5.95. The minimum atomic E-state index is -0.519. The van der Waals surface area contributed by atoms with Crippen LogP contribution in [0.5, 0.6) is 11.5 Å². The molecule has 3 aromatic rings. The molecule has 0 aliphatic rings. The van der Waals surface area contributed by atoms with Crippen LogP contribution in [0.3, 0.4) is 0 Å². The van der Waals surface area contributed by atoms with E-state index >= 15 is 0 Å². The molecule has 152 valence electrons. The Bertz CT molecular complexity index is 949. The average molecular weight is 417 g/mol. The lowest BCUT2D eigenvalue weighted by atomic mass is 10.3. The van der Waals surface area contributed by atoms with Crippen molar-refractivity contribution in [1.82, 2.24) is 10.2 Å². The smallest absolute Gasteiger partial charge is 0.277 e. The lowest BCUT2D eigenvalue weighted by Gasteiger charge is -2.11. The molecular formula is C20H20FN3O4S. The molecule has 1 N–H and O–H groups in total. The molecule has 29 heavy (non-hydrogen) atoms. The van der Waals surface area contributed by atoms with Crippen LogP contribution < -0.4 is 14.8 Å². The van der Waals surface area contributed by atoms with Gasteiger partial charge in [0.1, 0.15) is 17.3 Å². The number of rotatable bonds is 9. The van der Waals surface area contributed by atoms with E-state index in [0.29, 0.717) is 23.8 Å². The molecule has 1 amide bonds. The number of nitrogens with one attached hydrogen (secondary N) is 1. The number of carbonyl (C=O) groups excluding carboxylic acids is 1. The van der Waals surface area contributed by atoms with Gasteiger partial charge in [-0.1, -0.05) is 23.9 Å². The van der Waals surface area contributed by atoms with Crippen molar-refractivity contribution in [2.75, 3.05) is 17.7 Å². The molecule has 1 aromatic heterocycles. The zero-order valence-electron chi connectivity index (χ0n) is 15.9. The van der Waals surface area contributed by atoms with Crippen LogP contribution >= 0.6 is 11.8 Å². The zero-order valence-corrected chi connectivity index (χ0v) is 16.7. The number of hydrogen-bond donors (Lipinski definition) is 1. The summed E-state index contributed by atoms with van der Waals surface area (Å²) in [5.74, 6) is 0.883. The Morgan fingerprint density at radius 3 is 2.72 bits per heavy atom. The molecule has 0 aliphatic heterocycles.